The highest BCUT2D eigenvalue weighted by Gasteiger charge is 2.36. The Hall–Kier alpha value is -2.55. The van der Waals surface area contributed by atoms with E-state index >= 15 is 0 Å². The summed E-state index contributed by atoms with van der Waals surface area (Å²) >= 11 is 1.58. The molecule has 30 heavy (non-hydrogen) atoms. The van der Waals surface area contributed by atoms with Crippen molar-refractivity contribution < 1.29 is 31.5 Å². The van der Waals surface area contributed by atoms with Crippen LogP contribution in [0.2, 0.25) is 0 Å². The van der Waals surface area contributed by atoms with Gasteiger partial charge < -0.3 is 5.21 Å². The molecule has 1 heterocycles. The summed E-state index contributed by atoms with van der Waals surface area (Å²) in [4.78, 5) is 0. The van der Waals surface area contributed by atoms with E-state index in [-0.39, 0.29) is 24.5 Å². The zero-order valence-electron chi connectivity index (χ0n) is 15.5. The fourth-order valence-corrected chi connectivity index (χ4v) is 4.18. The third kappa shape index (κ3) is 5.33. The van der Waals surface area contributed by atoms with Crippen LogP contribution in [0.3, 0.4) is 0 Å². The van der Waals surface area contributed by atoms with Gasteiger partial charge in [0.15, 0.2) is 0 Å². The molecule has 0 bridgehead atoms. The number of alkyl halides is 6. The van der Waals surface area contributed by atoms with Crippen LogP contribution in [0.1, 0.15) is 35.1 Å². The van der Waals surface area contributed by atoms with Gasteiger partial charge in [-0.05, 0) is 71.8 Å². The fourth-order valence-electron chi connectivity index (χ4n) is 3.18. The molecule has 0 aliphatic rings. The summed E-state index contributed by atoms with van der Waals surface area (Å²) < 4.78 is 79.0. The molecule has 0 amide bonds. The zero-order valence-corrected chi connectivity index (χ0v) is 16.3. The Kier molecular flexibility index (Phi) is 6.40. The molecule has 1 aromatic heterocycles. The summed E-state index contributed by atoms with van der Waals surface area (Å²) in [6, 6.07) is 9.30. The lowest BCUT2D eigenvalue weighted by molar-refractivity contribution is -0.143. The van der Waals surface area contributed by atoms with Crippen LogP contribution in [0.4, 0.5) is 26.3 Å². The van der Waals surface area contributed by atoms with Gasteiger partial charge in [0.1, 0.15) is 0 Å². The van der Waals surface area contributed by atoms with E-state index in [1.165, 1.54) is 0 Å². The van der Waals surface area contributed by atoms with Gasteiger partial charge in [0.2, 0.25) is 0 Å². The first-order chi connectivity index (χ1) is 14.1. The number of benzene rings is 2. The molecule has 9 heteroatoms. The Morgan fingerprint density at radius 2 is 1.47 bits per heavy atom. The van der Waals surface area contributed by atoms with E-state index in [4.69, 9.17) is 0 Å². The summed E-state index contributed by atoms with van der Waals surface area (Å²) in [6.07, 6.45) is -8.91. The second-order valence-corrected chi connectivity index (χ2v) is 7.75. The van der Waals surface area contributed by atoms with Crippen LogP contribution in [0, 0.1) is 0 Å². The first-order valence-corrected chi connectivity index (χ1v) is 9.89. The number of thiophene rings is 1. The fraction of sp³-hybridized carbons (Fsp3) is 0.286. The Labute approximate surface area is 172 Å². The summed E-state index contributed by atoms with van der Waals surface area (Å²) in [5.74, 6) is 0. The van der Waals surface area contributed by atoms with Crippen molar-refractivity contribution in [1.29, 1.82) is 0 Å². The molecule has 160 valence electrons. The van der Waals surface area contributed by atoms with Crippen molar-refractivity contribution in [3.63, 3.8) is 0 Å². The van der Waals surface area contributed by atoms with E-state index in [0.29, 0.717) is 30.7 Å². The normalized spacial score (nSPS) is 13.2. The average molecular weight is 445 g/mol. The minimum atomic E-state index is -4.89. The van der Waals surface area contributed by atoms with Gasteiger partial charge in [-0.1, -0.05) is 23.4 Å². The highest BCUT2D eigenvalue weighted by Crippen LogP contribution is 2.36. The molecule has 3 rings (SSSR count). The summed E-state index contributed by atoms with van der Waals surface area (Å²) in [6.45, 7) is 0. The molecule has 2 nitrogen and oxygen atoms in total. The molecule has 0 unspecified atom stereocenters. The van der Waals surface area contributed by atoms with Crippen molar-refractivity contribution in [3.05, 3.63) is 70.1 Å². The SMILES string of the molecule is ON=C(CCc1cc(C(F)(F)F)cc(C(F)(F)F)c1)CCc1csc2ccccc12. The second kappa shape index (κ2) is 8.67. The number of aryl methyl sites for hydroxylation is 2. The predicted octanol–water partition coefficient (Wildman–Crippen LogP) is 7.33. The van der Waals surface area contributed by atoms with Crippen LogP contribution in [0.25, 0.3) is 10.1 Å². The molecule has 1 N–H and O–H groups in total. The van der Waals surface area contributed by atoms with Crippen molar-refractivity contribution in [2.24, 2.45) is 5.16 Å². The number of hydrogen-bond donors (Lipinski definition) is 1. The Bertz CT molecular complexity index is 1020. The lowest BCUT2D eigenvalue weighted by Gasteiger charge is -2.14. The maximum absolute atomic E-state index is 13.0. The van der Waals surface area contributed by atoms with Crippen molar-refractivity contribution >= 4 is 27.1 Å². The van der Waals surface area contributed by atoms with Crippen LogP contribution >= 0.6 is 11.3 Å². The van der Waals surface area contributed by atoms with E-state index in [1.54, 1.807) is 11.3 Å². The molecular formula is C21H17F6NOS. The quantitative estimate of drug-likeness (QED) is 0.183. The first-order valence-electron chi connectivity index (χ1n) is 9.01. The standard InChI is InChI=1S/C21H17F6NOS/c22-20(23,24)15-9-13(10-16(11-15)21(25,26)27)5-7-17(28-29)8-6-14-12-30-19-4-2-1-3-18(14)19/h1-4,9-12,29H,5-8H2. The van der Waals surface area contributed by atoms with Crippen LogP contribution in [0.5, 0.6) is 0 Å². The molecule has 0 radical (unpaired) electrons. The minimum absolute atomic E-state index is 0.0528. The molecule has 3 aromatic rings. The van der Waals surface area contributed by atoms with Gasteiger partial charge in [-0.25, -0.2) is 0 Å². The smallest absolute Gasteiger partial charge is 0.411 e. The van der Waals surface area contributed by atoms with Gasteiger partial charge in [0.05, 0.1) is 16.8 Å². The number of hydrogen-bond acceptors (Lipinski definition) is 3. The largest absolute Gasteiger partial charge is 0.416 e. The van der Waals surface area contributed by atoms with Crippen LogP contribution in [0.15, 0.2) is 53.0 Å². The molecule has 0 saturated heterocycles. The molecule has 0 aliphatic carbocycles. The van der Waals surface area contributed by atoms with E-state index < -0.39 is 23.5 Å². The Balaban J connectivity index is 1.71. The maximum atomic E-state index is 13.0. The van der Waals surface area contributed by atoms with Gasteiger partial charge in [-0.15, -0.1) is 11.3 Å². The molecule has 2 aromatic carbocycles. The minimum Gasteiger partial charge on any atom is -0.411 e. The number of nitrogens with zero attached hydrogens (tertiary/aromatic N) is 1. The van der Waals surface area contributed by atoms with E-state index in [0.717, 1.165) is 15.6 Å². The monoisotopic (exact) mass is 445 g/mol. The zero-order chi connectivity index (χ0) is 21.9. The molecule has 0 aliphatic heterocycles. The van der Waals surface area contributed by atoms with Crippen molar-refractivity contribution in [2.75, 3.05) is 0 Å². The predicted molar refractivity (Wildman–Crippen MR) is 104 cm³/mol. The topological polar surface area (TPSA) is 32.6 Å². The molecule has 0 fully saturated rings. The van der Waals surface area contributed by atoms with Crippen LogP contribution in [-0.4, -0.2) is 10.9 Å². The van der Waals surface area contributed by atoms with Gasteiger partial charge in [-0.2, -0.15) is 26.3 Å². The molecule has 0 spiro atoms. The lowest BCUT2D eigenvalue weighted by atomic mass is 9.98. The summed E-state index contributed by atoms with van der Waals surface area (Å²) in [5, 5.41) is 15.5. The van der Waals surface area contributed by atoms with Gasteiger partial charge in [0, 0.05) is 4.70 Å². The Morgan fingerprint density at radius 1 is 0.867 bits per heavy atom. The second-order valence-electron chi connectivity index (χ2n) is 6.84. The van der Waals surface area contributed by atoms with Gasteiger partial charge in [-0.3, -0.25) is 0 Å². The lowest BCUT2D eigenvalue weighted by Crippen LogP contribution is -2.12. The van der Waals surface area contributed by atoms with Crippen molar-refractivity contribution in [2.45, 2.75) is 38.0 Å². The van der Waals surface area contributed by atoms with Crippen LogP contribution < -0.4 is 0 Å². The summed E-state index contributed by atoms with van der Waals surface area (Å²) in [5.41, 5.74) is -1.44. The number of halogens is 6. The Morgan fingerprint density at radius 3 is 2.07 bits per heavy atom. The molecular weight excluding hydrogens is 428 g/mol. The summed E-state index contributed by atoms with van der Waals surface area (Å²) in [7, 11) is 0. The number of fused-ring (bicyclic) bond motifs is 1. The highest BCUT2D eigenvalue weighted by molar-refractivity contribution is 7.17. The van der Waals surface area contributed by atoms with E-state index in [9.17, 15) is 31.5 Å². The van der Waals surface area contributed by atoms with Crippen LogP contribution in [-0.2, 0) is 25.2 Å². The number of rotatable bonds is 6. The number of oxime groups is 1. The third-order valence-electron chi connectivity index (χ3n) is 4.74. The van der Waals surface area contributed by atoms with Gasteiger partial charge >= 0.3 is 12.4 Å². The van der Waals surface area contributed by atoms with Gasteiger partial charge in [0.25, 0.3) is 0 Å². The van der Waals surface area contributed by atoms with Crippen molar-refractivity contribution in [1.82, 2.24) is 0 Å². The molecule has 0 atom stereocenters. The maximum Gasteiger partial charge on any atom is 0.416 e. The molecule has 0 saturated carbocycles. The highest BCUT2D eigenvalue weighted by atomic mass is 32.1. The average Bonchev–Trinajstić information content (AvgIpc) is 3.10. The van der Waals surface area contributed by atoms with E-state index in [1.807, 2.05) is 29.6 Å². The van der Waals surface area contributed by atoms with Crippen molar-refractivity contribution in [3.8, 4) is 0 Å². The van der Waals surface area contributed by atoms with E-state index in [2.05, 4.69) is 5.16 Å². The first kappa shape index (κ1) is 22.1. The third-order valence-corrected chi connectivity index (χ3v) is 5.75.